The summed E-state index contributed by atoms with van der Waals surface area (Å²) < 4.78 is 10.4. The summed E-state index contributed by atoms with van der Waals surface area (Å²) in [5.41, 5.74) is 2.24. The van der Waals surface area contributed by atoms with Gasteiger partial charge in [0.05, 0.1) is 13.2 Å². The van der Waals surface area contributed by atoms with Crippen molar-refractivity contribution in [2.45, 2.75) is 6.54 Å². The summed E-state index contributed by atoms with van der Waals surface area (Å²) in [7, 11) is 1.66. The largest absolute Gasteiger partial charge is 0.491 e. The van der Waals surface area contributed by atoms with Crippen LogP contribution in [0.2, 0.25) is 0 Å². The van der Waals surface area contributed by atoms with Crippen molar-refractivity contribution in [1.82, 2.24) is 4.98 Å². The van der Waals surface area contributed by atoms with Gasteiger partial charge in [0.15, 0.2) is 0 Å². The van der Waals surface area contributed by atoms with Crippen molar-refractivity contribution in [1.29, 1.82) is 0 Å². The van der Waals surface area contributed by atoms with E-state index in [0.29, 0.717) is 13.2 Å². The number of rotatable bonds is 7. The predicted octanol–water partition coefficient (Wildman–Crippen LogP) is 2.65. The molecule has 0 bridgehead atoms. The smallest absolute Gasteiger partial charge is 0.119 e. The van der Waals surface area contributed by atoms with Crippen molar-refractivity contribution < 1.29 is 9.47 Å². The lowest BCUT2D eigenvalue weighted by atomic mass is 10.3. The van der Waals surface area contributed by atoms with Crippen LogP contribution >= 0.6 is 0 Å². The molecule has 0 fully saturated rings. The Morgan fingerprint density at radius 2 is 1.94 bits per heavy atom. The van der Waals surface area contributed by atoms with E-state index < -0.39 is 0 Å². The highest BCUT2D eigenvalue weighted by molar-refractivity contribution is 5.46. The van der Waals surface area contributed by atoms with Crippen LogP contribution in [0.1, 0.15) is 5.69 Å². The number of ether oxygens (including phenoxy) is 2. The molecule has 0 aliphatic rings. The van der Waals surface area contributed by atoms with Gasteiger partial charge in [0, 0.05) is 24.7 Å². The van der Waals surface area contributed by atoms with Crippen LogP contribution in [0, 0.1) is 0 Å². The van der Waals surface area contributed by atoms with Crippen LogP contribution in [0.4, 0.5) is 5.69 Å². The zero-order valence-corrected chi connectivity index (χ0v) is 10.5. The van der Waals surface area contributed by atoms with Gasteiger partial charge in [-0.05, 0) is 36.4 Å². The van der Waals surface area contributed by atoms with Crippen molar-refractivity contribution >= 4 is 5.69 Å². The number of aromatic nitrogens is 1. The van der Waals surface area contributed by atoms with Gasteiger partial charge in [0.2, 0.25) is 0 Å². The Morgan fingerprint density at radius 3 is 2.61 bits per heavy atom. The zero-order valence-electron chi connectivity index (χ0n) is 10.5. The Labute approximate surface area is 107 Å². The molecule has 4 heteroatoms. The van der Waals surface area contributed by atoms with E-state index >= 15 is 0 Å². The lowest BCUT2D eigenvalue weighted by molar-refractivity contribution is 0.146. The molecule has 96 valence electrons. The molecule has 2 rings (SSSR count). The monoisotopic (exact) mass is 246 g/mol. The van der Waals surface area contributed by atoms with Crippen LogP contribution in [0.3, 0.4) is 0 Å². The lowest BCUT2D eigenvalue weighted by Gasteiger charge is -2.08. The zero-order chi connectivity index (χ0) is 12.6. The summed E-state index contributed by atoms with van der Waals surface area (Å²) in [5, 5.41) is 3.33. The molecule has 0 amide bonds. The second-order valence-corrected chi connectivity index (χ2v) is 3.91. The normalized spacial score (nSPS) is 10.3. The van der Waals surface area contributed by atoms with Crippen LogP contribution in [-0.4, -0.2) is 25.3 Å². The summed E-state index contributed by atoms with van der Waals surface area (Å²) >= 11 is 0. The molecule has 2 aromatic rings. The van der Waals surface area contributed by atoms with Gasteiger partial charge in [-0.1, -0.05) is 0 Å². The maximum atomic E-state index is 5.49. The minimum atomic E-state index is 0.575. The van der Waals surface area contributed by atoms with Gasteiger partial charge in [0.25, 0.3) is 0 Å². The first-order chi connectivity index (χ1) is 8.88. The third-order valence-corrected chi connectivity index (χ3v) is 2.56. The fourth-order valence-electron chi connectivity index (χ4n) is 1.59. The van der Waals surface area contributed by atoms with Gasteiger partial charge in [-0.2, -0.15) is 0 Å². The molecule has 0 spiro atoms. The molecule has 4 nitrogen and oxygen atoms in total. The molecule has 0 aliphatic carbocycles. The highest BCUT2D eigenvalue weighted by atomic mass is 16.5. The van der Waals surface area contributed by atoms with E-state index in [1.807, 2.05) is 36.5 Å². The second-order valence-electron chi connectivity index (χ2n) is 3.91. The Kier molecular flexibility index (Phi) is 4.67. The summed E-state index contributed by atoms with van der Waals surface area (Å²) in [6.07, 6.45) is 1.92. The number of methoxy groups -OCH3 is 1. The number of hydrogen-bond acceptors (Lipinski definition) is 3. The Hall–Kier alpha value is -1.94. The maximum Gasteiger partial charge on any atom is 0.119 e. The molecule has 0 saturated carbocycles. The van der Waals surface area contributed by atoms with Crippen LogP contribution in [-0.2, 0) is 11.3 Å². The Morgan fingerprint density at radius 1 is 1.11 bits per heavy atom. The quantitative estimate of drug-likeness (QED) is 0.738. The SMILES string of the molecule is COCCOc1ccc(NCc2ccc[nH]2)cc1. The van der Waals surface area contributed by atoms with Crippen LogP contribution in [0.25, 0.3) is 0 Å². The average molecular weight is 246 g/mol. The fourth-order valence-corrected chi connectivity index (χ4v) is 1.59. The fraction of sp³-hybridized carbons (Fsp3) is 0.286. The van der Waals surface area contributed by atoms with Crippen molar-refractivity contribution in [2.75, 3.05) is 25.6 Å². The van der Waals surface area contributed by atoms with Crippen molar-refractivity contribution in [3.63, 3.8) is 0 Å². The highest BCUT2D eigenvalue weighted by Gasteiger charge is 1.96. The van der Waals surface area contributed by atoms with E-state index in [1.54, 1.807) is 7.11 Å². The van der Waals surface area contributed by atoms with Gasteiger partial charge in [-0.15, -0.1) is 0 Å². The van der Waals surface area contributed by atoms with Crippen LogP contribution in [0.5, 0.6) is 5.75 Å². The predicted molar refractivity (Wildman–Crippen MR) is 71.9 cm³/mol. The van der Waals surface area contributed by atoms with Crippen molar-refractivity contribution in [3.05, 3.63) is 48.3 Å². The maximum absolute atomic E-state index is 5.49. The summed E-state index contributed by atoms with van der Waals surface area (Å²) in [6, 6.07) is 12.0. The van der Waals surface area contributed by atoms with Gasteiger partial charge < -0.3 is 19.8 Å². The summed E-state index contributed by atoms with van der Waals surface area (Å²) in [4.78, 5) is 3.15. The highest BCUT2D eigenvalue weighted by Crippen LogP contribution is 2.16. The minimum absolute atomic E-state index is 0.575. The number of H-pyrrole nitrogens is 1. The molecule has 1 aromatic carbocycles. The molecule has 1 heterocycles. The molecule has 18 heavy (non-hydrogen) atoms. The lowest BCUT2D eigenvalue weighted by Crippen LogP contribution is -2.04. The van der Waals surface area contributed by atoms with E-state index in [2.05, 4.69) is 16.4 Å². The average Bonchev–Trinajstić information content (AvgIpc) is 2.91. The van der Waals surface area contributed by atoms with Gasteiger partial charge in [-0.25, -0.2) is 0 Å². The van der Waals surface area contributed by atoms with E-state index in [-0.39, 0.29) is 0 Å². The van der Waals surface area contributed by atoms with E-state index in [0.717, 1.165) is 23.7 Å². The van der Waals surface area contributed by atoms with Crippen molar-refractivity contribution in [3.8, 4) is 5.75 Å². The first-order valence-corrected chi connectivity index (χ1v) is 5.96. The third kappa shape index (κ3) is 3.82. The van der Waals surface area contributed by atoms with E-state index in [4.69, 9.17) is 9.47 Å². The van der Waals surface area contributed by atoms with Gasteiger partial charge in [0.1, 0.15) is 12.4 Å². The molecular weight excluding hydrogens is 228 g/mol. The van der Waals surface area contributed by atoms with E-state index in [1.165, 1.54) is 0 Å². The Bertz CT molecular complexity index is 437. The molecule has 2 N–H and O–H groups in total. The molecular formula is C14H18N2O2. The van der Waals surface area contributed by atoms with Crippen LogP contribution < -0.4 is 10.1 Å². The van der Waals surface area contributed by atoms with Gasteiger partial charge >= 0.3 is 0 Å². The van der Waals surface area contributed by atoms with Crippen molar-refractivity contribution in [2.24, 2.45) is 0 Å². The second kappa shape index (κ2) is 6.71. The molecule has 1 aromatic heterocycles. The number of hydrogen-bond donors (Lipinski definition) is 2. The number of aromatic amines is 1. The molecule has 0 radical (unpaired) electrons. The summed E-state index contributed by atoms with van der Waals surface area (Å²) in [6.45, 7) is 1.97. The molecule has 0 saturated heterocycles. The number of nitrogens with one attached hydrogen (secondary N) is 2. The molecule has 0 aliphatic heterocycles. The number of anilines is 1. The minimum Gasteiger partial charge on any atom is -0.491 e. The summed E-state index contributed by atoms with van der Waals surface area (Å²) in [5.74, 6) is 0.859. The third-order valence-electron chi connectivity index (χ3n) is 2.56. The topological polar surface area (TPSA) is 46.3 Å². The van der Waals surface area contributed by atoms with E-state index in [9.17, 15) is 0 Å². The standard InChI is InChI=1S/C14H18N2O2/c1-17-9-10-18-14-6-4-12(5-7-14)16-11-13-3-2-8-15-13/h2-8,15-16H,9-11H2,1H3. The first-order valence-electron chi connectivity index (χ1n) is 5.96. The first kappa shape index (κ1) is 12.5. The van der Waals surface area contributed by atoms with Gasteiger partial charge in [-0.3, -0.25) is 0 Å². The molecule has 0 atom stereocenters. The van der Waals surface area contributed by atoms with Crippen LogP contribution in [0.15, 0.2) is 42.6 Å². The number of benzene rings is 1. The molecule has 0 unspecified atom stereocenters. The Balaban J connectivity index is 1.80.